The molecule has 184 valence electrons. The number of amides is 1. The molecule has 0 aromatic carbocycles. The predicted molar refractivity (Wildman–Crippen MR) is 135 cm³/mol. The second kappa shape index (κ2) is 9.76. The van der Waals surface area contributed by atoms with Crippen LogP contribution in [-0.2, 0) is 14.3 Å². The Labute approximate surface area is 209 Å². The van der Waals surface area contributed by atoms with Crippen LogP contribution in [0.2, 0.25) is 0 Å². The molecule has 2 fully saturated rings. The van der Waals surface area contributed by atoms with Crippen molar-refractivity contribution in [1.82, 2.24) is 19.7 Å². The van der Waals surface area contributed by atoms with E-state index in [0.29, 0.717) is 37.8 Å². The molecule has 6 rings (SSSR count). The van der Waals surface area contributed by atoms with Gasteiger partial charge in [0.15, 0.2) is 11.5 Å². The summed E-state index contributed by atoms with van der Waals surface area (Å²) in [5.74, 6) is 0.690. The summed E-state index contributed by atoms with van der Waals surface area (Å²) in [5.41, 5.74) is 5.48. The van der Waals surface area contributed by atoms with Crippen LogP contribution in [0.1, 0.15) is 49.9 Å². The third-order valence-corrected chi connectivity index (χ3v) is 7.40. The van der Waals surface area contributed by atoms with E-state index in [2.05, 4.69) is 27.3 Å². The minimum atomic E-state index is -0.379. The topological polar surface area (TPSA) is 89.8 Å². The number of fused-ring (bicyclic) bond motifs is 1. The Morgan fingerprint density at radius 3 is 2.86 bits per heavy atom. The van der Waals surface area contributed by atoms with Gasteiger partial charge in [0.1, 0.15) is 0 Å². The van der Waals surface area contributed by atoms with Crippen molar-refractivity contribution >= 4 is 40.1 Å². The molecule has 1 saturated carbocycles. The average Bonchev–Trinajstić information content (AvgIpc) is 3.35. The first-order valence-electron chi connectivity index (χ1n) is 12.5. The highest BCUT2D eigenvalue weighted by Gasteiger charge is 2.29. The van der Waals surface area contributed by atoms with Gasteiger partial charge >= 0.3 is 0 Å². The highest BCUT2D eigenvalue weighted by atomic mass is 35.5. The standard InChI is InChI=1S/C26H30ClN5O3/c27-21-12-17(3-6-20(21)26(33)30-18-4-5-18)23-14-29-25-24(28-13-19-2-1-9-35-19)31-22(15-32(23)25)16-7-10-34-11-8-16/h3,6-7,14-15,18-19,21H,1-2,4-5,8-13H2,(H,28,31)(H,30,33). The molecule has 0 spiro atoms. The van der Waals surface area contributed by atoms with Crippen molar-refractivity contribution in [2.45, 2.75) is 56.0 Å². The van der Waals surface area contributed by atoms with E-state index in [-0.39, 0.29) is 17.4 Å². The quantitative estimate of drug-likeness (QED) is 0.569. The van der Waals surface area contributed by atoms with Gasteiger partial charge in [0.05, 0.1) is 42.3 Å². The Hall–Kier alpha value is -2.68. The minimum absolute atomic E-state index is 0.0560. The van der Waals surface area contributed by atoms with Crippen molar-refractivity contribution in [2.75, 3.05) is 31.7 Å². The number of imidazole rings is 1. The van der Waals surface area contributed by atoms with E-state index < -0.39 is 0 Å². The van der Waals surface area contributed by atoms with Gasteiger partial charge in [0.2, 0.25) is 5.91 Å². The number of alkyl halides is 1. The Kier molecular flexibility index (Phi) is 6.35. The summed E-state index contributed by atoms with van der Waals surface area (Å²) >= 11 is 6.69. The SMILES string of the molecule is O=C(NC1CC1)C1=CC=C(c2cnc3c(NCC4CCCO4)nc(C4=CCOCC4)cn23)CC1Cl. The lowest BCUT2D eigenvalue weighted by Crippen LogP contribution is -2.31. The Morgan fingerprint density at radius 1 is 1.20 bits per heavy atom. The second-order valence-corrected chi connectivity index (χ2v) is 10.1. The molecule has 1 saturated heterocycles. The summed E-state index contributed by atoms with van der Waals surface area (Å²) in [6, 6.07) is 0.308. The normalized spacial score (nSPS) is 24.7. The molecule has 4 heterocycles. The number of carbonyl (C=O) groups excluding carboxylic acids is 1. The predicted octanol–water partition coefficient (Wildman–Crippen LogP) is 3.72. The molecule has 2 aliphatic carbocycles. The lowest BCUT2D eigenvalue weighted by atomic mass is 9.95. The number of nitrogens with zero attached hydrogens (tertiary/aromatic N) is 3. The van der Waals surface area contributed by atoms with E-state index in [1.165, 1.54) is 5.57 Å². The van der Waals surface area contributed by atoms with Crippen molar-refractivity contribution < 1.29 is 14.3 Å². The van der Waals surface area contributed by atoms with Crippen LogP contribution in [0, 0.1) is 0 Å². The lowest BCUT2D eigenvalue weighted by Gasteiger charge is -2.20. The number of allylic oxidation sites excluding steroid dienone is 3. The number of hydrogen-bond acceptors (Lipinski definition) is 6. The van der Waals surface area contributed by atoms with Crippen LogP contribution in [-0.4, -0.2) is 64.2 Å². The van der Waals surface area contributed by atoms with Crippen molar-refractivity contribution in [1.29, 1.82) is 0 Å². The Morgan fingerprint density at radius 2 is 2.11 bits per heavy atom. The smallest absolute Gasteiger partial charge is 0.248 e. The van der Waals surface area contributed by atoms with Crippen LogP contribution in [0.25, 0.3) is 16.8 Å². The Balaban J connectivity index is 1.34. The maximum atomic E-state index is 12.6. The number of ether oxygens (including phenoxy) is 2. The maximum absolute atomic E-state index is 12.6. The number of nitrogens with one attached hydrogen (secondary N) is 2. The number of aromatic nitrogens is 3. The molecule has 35 heavy (non-hydrogen) atoms. The molecule has 2 aromatic rings. The number of anilines is 1. The van der Waals surface area contributed by atoms with Crippen molar-refractivity contribution in [3.8, 4) is 0 Å². The molecule has 0 radical (unpaired) electrons. The summed E-state index contributed by atoms with van der Waals surface area (Å²) < 4.78 is 13.4. The van der Waals surface area contributed by atoms with Gasteiger partial charge < -0.3 is 20.1 Å². The van der Waals surface area contributed by atoms with Gasteiger partial charge in [0.25, 0.3) is 0 Å². The zero-order valence-corrected chi connectivity index (χ0v) is 20.4. The fraction of sp³-hybridized carbons (Fsp3) is 0.500. The minimum Gasteiger partial charge on any atom is -0.377 e. The van der Waals surface area contributed by atoms with Crippen LogP contribution < -0.4 is 10.6 Å². The molecule has 2 aliphatic heterocycles. The molecule has 1 amide bonds. The van der Waals surface area contributed by atoms with E-state index >= 15 is 0 Å². The molecule has 4 aliphatic rings. The molecular weight excluding hydrogens is 466 g/mol. The number of carbonyl (C=O) groups is 1. The highest BCUT2D eigenvalue weighted by molar-refractivity contribution is 6.26. The Bertz CT molecular complexity index is 1220. The van der Waals surface area contributed by atoms with Crippen LogP contribution in [0.3, 0.4) is 0 Å². The van der Waals surface area contributed by atoms with Crippen molar-refractivity contribution in [2.24, 2.45) is 0 Å². The average molecular weight is 496 g/mol. The second-order valence-electron chi connectivity index (χ2n) is 9.62. The van der Waals surface area contributed by atoms with Crippen LogP contribution >= 0.6 is 11.6 Å². The third-order valence-electron chi connectivity index (χ3n) is 7.01. The van der Waals surface area contributed by atoms with Crippen LogP contribution in [0.15, 0.2) is 36.2 Å². The largest absolute Gasteiger partial charge is 0.377 e. The molecule has 0 bridgehead atoms. The third kappa shape index (κ3) is 4.87. The number of rotatable bonds is 7. The van der Waals surface area contributed by atoms with Gasteiger partial charge in [-0.2, -0.15) is 0 Å². The zero-order chi connectivity index (χ0) is 23.8. The van der Waals surface area contributed by atoms with Gasteiger partial charge in [-0.15, -0.1) is 11.6 Å². The van der Waals surface area contributed by atoms with Gasteiger partial charge in [-0.05, 0) is 49.7 Å². The van der Waals surface area contributed by atoms with Crippen molar-refractivity contribution in [3.05, 3.63) is 47.6 Å². The van der Waals surface area contributed by atoms with Gasteiger partial charge in [0, 0.05) is 31.0 Å². The molecular formula is C26H30ClN5O3. The van der Waals surface area contributed by atoms with Gasteiger partial charge in [-0.3, -0.25) is 9.20 Å². The van der Waals surface area contributed by atoms with Gasteiger partial charge in [-0.25, -0.2) is 9.97 Å². The van der Waals surface area contributed by atoms with Crippen LogP contribution in [0.5, 0.6) is 0 Å². The highest BCUT2D eigenvalue weighted by Crippen LogP contribution is 2.33. The molecule has 2 N–H and O–H groups in total. The van der Waals surface area contributed by atoms with Crippen molar-refractivity contribution in [3.63, 3.8) is 0 Å². The fourth-order valence-corrected chi connectivity index (χ4v) is 5.18. The van der Waals surface area contributed by atoms with E-state index in [0.717, 1.165) is 67.1 Å². The molecule has 8 nitrogen and oxygen atoms in total. The summed E-state index contributed by atoms with van der Waals surface area (Å²) in [6.07, 6.45) is 15.7. The van der Waals surface area contributed by atoms with Crippen LogP contribution in [0.4, 0.5) is 5.82 Å². The number of hydrogen-bond donors (Lipinski definition) is 2. The van der Waals surface area contributed by atoms with E-state index in [1.807, 2.05) is 18.3 Å². The number of halogens is 1. The first-order chi connectivity index (χ1) is 17.2. The molecule has 9 heteroatoms. The zero-order valence-electron chi connectivity index (χ0n) is 19.6. The van der Waals surface area contributed by atoms with Gasteiger partial charge in [-0.1, -0.05) is 18.2 Å². The molecule has 2 atom stereocenters. The summed E-state index contributed by atoms with van der Waals surface area (Å²) in [6.45, 7) is 2.80. The van der Waals surface area contributed by atoms with E-state index in [9.17, 15) is 4.79 Å². The summed E-state index contributed by atoms with van der Waals surface area (Å²) in [4.78, 5) is 22.2. The lowest BCUT2D eigenvalue weighted by molar-refractivity contribution is -0.117. The monoisotopic (exact) mass is 495 g/mol. The van der Waals surface area contributed by atoms with E-state index in [4.69, 9.17) is 31.0 Å². The molecule has 2 aromatic heterocycles. The van der Waals surface area contributed by atoms with E-state index in [1.54, 1.807) is 0 Å². The summed E-state index contributed by atoms with van der Waals surface area (Å²) in [7, 11) is 0. The first kappa shape index (κ1) is 22.8. The molecule has 2 unspecified atom stereocenters. The summed E-state index contributed by atoms with van der Waals surface area (Å²) in [5, 5.41) is 6.15. The first-order valence-corrected chi connectivity index (χ1v) is 13.0. The maximum Gasteiger partial charge on any atom is 0.248 e. The fourth-order valence-electron chi connectivity index (χ4n) is 4.84.